The fourth-order valence-corrected chi connectivity index (χ4v) is 3.18. The van der Waals surface area contributed by atoms with Gasteiger partial charge in [-0.1, -0.05) is 12.1 Å². The summed E-state index contributed by atoms with van der Waals surface area (Å²) in [7, 11) is -2.04. The highest BCUT2D eigenvalue weighted by Gasteiger charge is 2.23. The molecule has 0 heterocycles. The molecule has 96 valence electrons. The van der Waals surface area contributed by atoms with Crippen LogP contribution in [0.2, 0.25) is 0 Å². The second-order valence-corrected chi connectivity index (χ2v) is 6.42. The van der Waals surface area contributed by atoms with E-state index in [-0.39, 0.29) is 6.54 Å². The summed E-state index contributed by atoms with van der Waals surface area (Å²) in [6.07, 6.45) is -0.681. The first-order chi connectivity index (χ1) is 7.75. The monoisotopic (exact) mass is 257 g/mol. The van der Waals surface area contributed by atoms with Gasteiger partial charge in [-0.3, -0.25) is 0 Å². The van der Waals surface area contributed by atoms with Gasteiger partial charge in [0.25, 0.3) is 0 Å². The average Bonchev–Trinajstić information content (AvgIpc) is 2.20. The van der Waals surface area contributed by atoms with Crippen LogP contribution >= 0.6 is 0 Å². The Bertz CT molecular complexity index is 494. The highest BCUT2D eigenvalue weighted by atomic mass is 32.2. The number of aliphatic hydroxyl groups is 1. The number of nitrogens with zero attached hydrogens (tertiary/aromatic N) is 1. The first-order valence-corrected chi connectivity index (χ1v) is 6.91. The summed E-state index contributed by atoms with van der Waals surface area (Å²) in [6, 6.07) is 5.32. The molecule has 17 heavy (non-hydrogen) atoms. The zero-order valence-corrected chi connectivity index (χ0v) is 11.5. The van der Waals surface area contributed by atoms with Gasteiger partial charge in [0.05, 0.1) is 11.0 Å². The third-order valence-electron chi connectivity index (χ3n) is 2.55. The van der Waals surface area contributed by atoms with Gasteiger partial charge in [0, 0.05) is 13.6 Å². The number of aliphatic hydroxyl groups excluding tert-OH is 1. The molecule has 0 aliphatic rings. The summed E-state index contributed by atoms with van der Waals surface area (Å²) in [5, 5.41) is 9.25. The van der Waals surface area contributed by atoms with Crippen molar-refractivity contribution in [1.82, 2.24) is 4.31 Å². The van der Waals surface area contributed by atoms with Gasteiger partial charge >= 0.3 is 0 Å². The number of likely N-dealkylation sites (N-methyl/N-ethyl adjacent to an activating group) is 1. The number of hydrogen-bond donors (Lipinski definition) is 1. The molecule has 0 amide bonds. The third kappa shape index (κ3) is 3.28. The fraction of sp³-hybridized carbons (Fsp3) is 0.500. The number of sulfonamides is 1. The Balaban J connectivity index is 3.17. The van der Waals surface area contributed by atoms with Crippen LogP contribution in [-0.2, 0) is 10.0 Å². The first kappa shape index (κ1) is 14.2. The molecule has 0 radical (unpaired) electrons. The molecule has 0 aromatic heterocycles. The van der Waals surface area contributed by atoms with Gasteiger partial charge in [0.2, 0.25) is 10.0 Å². The maximum Gasteiger partial charge on any atom is 0.243 e. The van der Waals surface area contributed by atoms with Gasteiger partial charge in [-0.15, -0.1) is 0 Å². The summed E-state index contributed by atoms with van der Waals surface area (Å²) in [5.74, 6) is 0. The molecule has 1 aromatic rings. The molecule has 4 nitrogen and oxygen atoms in total. The Morgan fingerprint density at radius 2 is 1.94 bits per heavy atom. The van der Waals surface area contributed by atoms with Crippen molar-refractivity contribution in [3.05, 3.63) is 29.3 Å². The highest BCUT2D eigenvalue weighted by Crippen LogP contribution is 2.20. The smallest absolute Gasteiger partial charge is 0.243 e. The van der Waals surface area contributed by atoms with Crippen molar-refractivity contribution in [3.8, 4) is 0 Å². The summed E-state index contributed by atoms with van der Waals surface area (Å²) in [4.78, 5) is 0.306. The van der Waals surface area contributed by atoms with Crippen molar-refractivity contribution in [2.75, 3.05) is 13.6 Å². The lowest BCUT2D eigenvalue weighted by atomic mass is 10.2. The first-order valence-electron chi connectivity index (χ1n) is 5.47. The molecule has 0 spiro atoms. The number of benzene rings is 1. The molecule has 1 N–H and O–H groups in total. The van der Waals surface area contributed by atoms with Crippen LogP contribution in [0.4, 0.5) is 0 Å². The van der Waals surface area contributed by atoms with Crippen LogP contribution in [0.1, 0.15) is 18.1 Å². The molecule has 1 atom stereocenters. The molecule has 1 aromatic carbocycles. The molecule has 0 aliphatic heterocycles. The number of hydrogen-bond acceptors (Lipinski definition) is 3. The minimum absolute atomic E-state index is 0.0930. The second-order valence-electron chi connectivity index (χ2n) is 4.40. The Labute approximate surface area is 103 Å². The maximum absolute atomic E-state index is 12.3. The Kier molecular flexibility index (Phi) is 4.30. The van der Waals surface area contributed by atoms with Gasteiger partial charge in [0.1, 0.15) is 0 Å². The van der Waals surface area contributed by atoms with E-state index in [1.54, 1.807) is 26.0 Å². The van der Waals surface area contributed by atoms with Crippen molar-refractivity contribution in [1.29, 1.82) is 0 Å². The van der Waals surface area contributed by atoms with Crippen molar-refractivity contribution in [2.24, 2.45) is 0 Å². The molecule has 1 rings (SSSR count). The van der Waals surface area contributed by atoms with E-state index < -0.39 is 16.1 Å². The van der Waals surface area contributed by atoms with Crippen LogP contribution in [0, 0.1) is 13.8 Å². The molecule has 0 saturated heterocycles. The lowest BCUT2D eigenvalue weighted by Gasteiger charge is -2.20. The maximum atomic E-state index is 12.3. The summed E-state index contributed by atoms with van der Waals surface area (Å²) in [5.41, 5.74) is 1.62. The lowest BCUT2D eigenvalue weighted by Crippen LogP contribution is -2.33. The standard InChI is InChI=1S/C12H19NO3S/c1-9-5-6-10(2)12(7-9)17(15,16)13(4)8-11(3)14/h5-7,11,14H,8H2,1-4H3. The second kappa shape index (κ2) is 5.16. The van der Waals surface area contributed by atoms with E-state index in [2.05, 4.69) is 0 Å². The van der Waals surface area contributed by atoms with Crippen molar-refractivity contribution >= 4 is 10.0 Å². The van der Waals surface area contributed by atoms with E-state index in [1.807, 2.05) is 13.0 Å². The lowest BCUT2D eigenvalue weighted by molar-refractivity contribution is 0.171. The fourth-order valence-electron chi connectivity index (χ4n) is 1.62. The van der Waals surface area contributed by atoms with E-state index >= 15 is 0 Å². The highest BCUT2D eigenvalue weighted by molar-refractivity contribution is 7.89. The molecule has 0 bridgehead atoms. The minimum Gasteiger partial charge on any atom is -0.392 e. The molecule has 0 fully saturated rings. The van der Waals surface area contributed by atoms with Crippen LogP contribution in [0.5, 0.6) is 0 Å². The summed E-state index contributed by atoms with van der Waals surface area (Å²) in [6.45, 7) is 5.28. The quantitative estimate of drug-likeness (QED) is 0.884. The minimum atomic E-state index is -3.51. The summed E-state index contributed by atoms with van der Waals surface area (Å²) < 4.78 is 25.7. The molecule has 5 heteroatoms. The average molecular weight is 257 g/mol. The van der Waals surface area contributed by atoms with E-state index in [9.17, 15) is 13.5 Å². The molecular weight excluding hydrogens is 238 g/mol. The van der Waals surface area contributed by atoms with E-state index in [0.29, 0.717) is 10.5 Å². The predicted octanol–water partition coefficient (Wildman–Crippen LogP) is 1.30. The van der Waals surface area contributed by atoms with E-state index in [1.165, 1.54) is 11.4 Å². The Hall–Kier alpha value is -0.910. The van der Waals surface area contributed by atoms with Gasteiger partial charge in [-0.05, 0) is 38.0 Å². The van der Waals surface area contributed by atoms with Gasteiger partial charge in [-0.2, -0.15) is 4.31 Å². The van der Waals surface area contributed by atoms with Gasteiger partial charge < -0.3 is 5.11 Å². The molecule has 0 aliphatic carbocycles. The van der Waals surface area contributed by atoms with Crippen LogP contribution in [0.15, 0.2) is 23.1 Å². The molecule has 0 saturated carbocycles. The SMILES string of the molecule is Cc1ccc(C)c(S(=O)(=O)N(C)CC(C)O)c1. The topological polar surface area (TPSA) is 57.6 Å². The van der Waals surface area contributed by atoms with Crippen LogP contribution < -0.4 is 0 Å². The summed E-state index contributed by atoms with van der Waals surface area (Å²) >= 11 is 0. The van der Waals surface area contributed by atoms with E-state index in [4.69, 9.17) is 0 Å². The third-order valence-corrected chi connectivity index (χ3v) is 4.52. The van der Waals surface area contributed by atoms with Gasteiger partial charge in [0.15, 0.2) is 0 Å². The van der Waals surface area contributed by atoms with Crippen LogP contribution in [-0.4, -0.2) is 37.5 Å². The zero-order chi connectivity index (χ0) is 13.2. The largest absolute Gasteiger partial charge is 0.392 e. The normalized spacial score (nSPS) is 14.0. The number of rotatable bonds is 4. The predicted molar refractivity (Wildman–Crippen MR) is 67.4 cm³/mol. The zero-order valence-electron chi connectivity index (χ0n) is 10.6. The molecular formula is C12H19NO3S. The Morgan fingerprint density at radius 1 is 1.35 bits per heavy atom. The van der Waals surface area contributed by atoms with Crippen molar-refractivity contribution in [2.45, 2.75) is 31.8 Å². The molecule has 1 unspecified atom stereocenters. The van der Waals surface area contributed by atoms with E-state index in [0.717, 1.165) is 5.56 Å². The van der Waals surface area contributed by atoms with Crippen molar-refractivity contribution in [3.63, 3.8) is 0 Å². The number of aryl methyl sites for hydroxylation is 2. The van der Waals surface area contributed by atoms with Crippen LogP contribution in [0.25, 0.3) is 0 Å². The van der Waals surface area contributed by atoms with Crippen molar-refractivity contribution < 1.29 is 13.5 Å². The van der Waals surface area contributed by atoms with Crippen LogP contribution in [0.3, 0.4) is 0 Å². The van der Waals surface area contributed by atoms with Gasteiger partial charge in [-0.25, -0.2) is 8.42 Å². The Morgan fingerprint density at radius 3 is 2.47 bits per heavy atom.